The van der Waals surface area contributed by atoms with E-state index in [0.717, 1.165) is 48.0 Å². The van der Waals surface area contributed by atoms with Gasteiger partial charge in [0.25, 0.3) is 5.91 Å². The van der Waals surface area contributed by atoms with Gasteiger partial charge in [-0.25, -0.2) is 4.98 Å². The van der Waals surface area contributed by atoms with Gasteiger partial charge in [0.2, 0.25) is 5.91 Å². The van der Waals surface area contributed by atoms with Crippen molar-refractivity contribution in [3.8, 4) is 5.75 Å². The Kier molecular flexibility index (Phi) is 5.12. The summed E-state index contributed by atoms with van der Waals surface area (Å²) in [6, 6.07) is 15.5. The van der Waals surface area contributed by atoms with Gasteiger partial charge in [-0.15, -0.1) is 0 Å². The van der Waals surface area contributed by atoms with Gasteiger partial charge in [0.15, 0.2) is 5.82 Å². The van der Waals surface area contributed by atoms with E-state index in [-0.39, 0.29) is 17.9 Å². The molecule has 7 nitrogen and oxygen atoms in total. The molecule has 166 valence electrons. The highest BCUT2D eigenvalue weighted by Gasteiger charge is 2.48. The quantitative estimate of drug-likeness (QED) is 0.669. The SMILES string of the molecule is COc1cccc(CN2C(=O)c3nc4ccccc4n3C[C@@]2(C)C(=O)NC2CCCC2)c1. The third kappa shape index (κ3) is 3.42. The minimum absolute atomic E-state index is 0.107. The van der Waals surface area contributed by atoms with Gasteiger partial charge in [0.1, 0.15) is 11.3 Å². The number of para-hydroxylation sites is 2. The van der Waals surface area contributed by atoms with Crippen LogP contribution in [-0.2, 0) is 17.9 Å². The number of carbonyl (C=O) groups excluding carboxylic acids is 2. The van der Waals surface area contributed by atoms with Crippen LogP contribution in [0, 0.1) is 0 Å². The van der Waals surface area contributed by atoms with Crippen LogP contribution in [0.4, 0.5) is 0 Å². The van der Waals surface area contributed by atoms with Gasteiger partial charge in [-0.05, 0) is 49.6 Å². The lowest BCUT2D eigenvalue weighted by Crippen LogP contribution is -2.64. The molecule has 32 heavy (non-hydrogen) atoms. The zero-order valence-corrected chi connectivity index (χ0v) is 18.5. The predicted molar refractivity (Wildman–Crippen MR) is 121 cm³/mol. The Morgan fingerprint density at radius 3 is 2.75 bits per heavy atom. The van der Waals surface area contributed by atoms with Gasteiger partial charge in [-0.2, -0.15) is 0 Å². The first-order valence-corrected chi connectivity index (χ1v) is 11.2. The predicted octanol–water partition coefficient (Wildman–Crippen LogP) is 3.52. The van der Waals surface area contributed by atoms with Crippen LogP contribution in [0.2, 0.25) is 0 Å². The molecule has 7 heteroatoms. The first-order valence-electron chi connectivity index (χ1n) is 11.2. The number of ether oxygens (including phenoxy) is 1. The van der Waals surface area contributed by atoms with E-state index in [1.54, 1.807) is 12.0 Å². The monoisotopic (exact) mass is 432 g/mol. The van der Waals surface area contributed by atoms with Crippen LogP contribution >= 0.6 is 0 Å². The highest BCUT2D eigenvalue weighted by atomic mass is 16.5. The largest absolute Gasteiger partial charge is 0.497 e. The summed E-state index contributed by atoms with van der Waals surface area (Å²) in [5.41, 5.74) is 1.50. The van der Waals surface area contributed by atoms with E-state index in [0.29, 0.717) is 18.9 Å². The molecule has 1 N–H and O–H groups in total. The average molecular weight is 433 g/mol. The van der Waals surface area contributed by atoms with Gasteiger partial charge in [0.05, 0.1) is 24.7 Å². The lowest BCUT2D eigenvalue weighted by molar-refractivity contribution is -0.133. The second-order valence-electron chi connectivity index (χ2n) is 8.98. The Morgan fingerprint density at radius 1 is 1.19 bits per heavy atom. The van der Waals surface area contributed by atoms with E-state index in [1.807, 2.05) is 60.0 Å². The Morgan fingerprint density at radius 2 is 1.97 bits per heavy atom. The molecule has 0 unspecified atom stereocenters. The molecule has 2 heterocycles. The fraction of sp³-hybridized carbons (Fsp3) is 0.400. The average Bonchev–Trinajstić information content (AvgIpc) is 3.45. The molecule has 1 aromatic heterocycles. The number of rotatable bonds is 5. The second-order valence-corrected chi connectivity index (χ2v) is 8.98. The third-order valence-electron chi connectivity index (χ3n) is 6.81. The van der Waals surface area contributed by atoms with Crippen LogP contribution < -0.4 is 10.1 Å². The number of amides is 2. The number of aromatic nitrogens is 2. The van der Waals surface area contributed by atoms with Crippen LogP contribution in [0.15, 0.2) is 48.5 Å². The summed E-state index contributed by atoms with van der Waals surface area (Å²) < 4.78 is 7.25. The number of imidazole rings is 1. The lowest BCUT2D eigenvalue weighted by Gasteiger charge is -2.44. The zero-order valence-electron chi connectivity index (χ0n) is 18.5. The summed E-state index contributed by atoms with van der Waals surface area (Å²) in [5.74, 6) is 0.750. The molecule has 2 amide bonds. The maximum atomic E-state index is 13.7. The minimum atomic E-state index is -1.04. The maximum absolute atomic E-state index is 13.7. The number of nitrogens with one attached hydrogen (secondary N) is 1. The van der Waals surface area contributed by atoms with Gasteiger partial charge in [0, 0.05) is 12.6 Å². The van der Waals surface area contributed by atoms with Crippen molar-refractivity contribution < 1.29 is 14.3 Å². The van der Waals surface area contributed by atoms with Gasteiger partial charge in [-0.3, -0.25) is 9.59 Å². The molecular weight excluding hydrogens is 404 g/mol. The standard InChI is InChI=1S/C25H28N4O3/c1-25(24(31)26-18-9-3-4-10-18)16-28-21-13-6-5-12-20(21)27-22(28)23(30)29(25)15-17-8-7-11-19(14-17)32-2/h5-8,11-14,18H,3-4,9-10,15-16H2,1-2H3,(H,26,31)/t25-/m0/s1. The van der Waals surface area contributed by atoms with Gasteiger partial charge < -0.3 is 19.5 Å². The van der Waals surface area contributed by atoms with E-state index in [9.17, 15) is 9.59 Å². The van der Waals surface area contributed by atoms with Crippen LogP contribution in [0.3, 0.4) is 0 Å². The highest BCUT2D eigenvalue weighted by molar-refractivity contribution is 6.01. The summed E-state index contributed by atoms with van der Waals surface area (Å²) in [4.78, 5) is 33.7. The van der Waals surface area contributed by atoms with Crippen molar-refractivity contribution >= 4 is 22.8 Å². The summed E-state index contributed by atoms with van der Waals surface area (Å²) >= 11 is 0. The zero-order chi connectivity index (χ0) is 22.3. The Labute approximate surface area is 187 Å². The fourth-order valence-corrected chi connectivity index (χ4v) is 4.94. The van der Waals surface area contributed by atoms with Crippen molar-refractivity contribution in [2.24, 2.45) is 0 Å². The van der Waals surface area contributed by atoms with E-state index >= 15 is 0 Å². The molecule has 1 atom stereocenters. The fourth-order valence-electron chi connectivity index (χ4n) is 4.94. The number of nitrogens with zero attached hydrogens (tertiary/aromatic N) is 3. The van der Waals surface area contributed by atoms with Crippen LogP contribution in [0.1, 0.15) is 48.8 Å². The molecule has 0 spiro atoms. The first kappa shape index (κ1) is 20.5. The molecule has 3 aromatic rings. The Balaban J connectivity index is 1.56. The number of fused-ring (bicyclic) bond motifs is 3. The molecule has 1 aliphatic carbocycles. The lowest BCUT2D eigenvalue weighted by atomic mass is 9.93. The topological polar surface area (TPSA) is 76.5 Å². The van der Waals surface area contributed by atoms with E-state index in [1.165, 1.54) is 0 Å². The summed E-state index contributed by atoms with van der Waals surface area (Å²) in [6.07, 6.45) is 4.24. The van der Waals surface area contributed by atoms with Gasteiger partial charge in [-0.1, -0.05) is 37.1 Å². The van der Waals surface area contributed by atoms with E-state index in [2.05, 4.69) is 10.3 Å². The van der Waals surface area contributed by atoms with Crippen LogP contribution in [0.25, 0.3) is 11.0 Å². The first-order chi connectivity index (χ1) is 15.5. The number of hydrogen-bond acceptors (Lipinski definition) is 4. The number of methoxy groups -OCH3 is 1. The van der Waals surface area contributed by atoms with E-state index < -0.39 is 5.54 Å². The molecule has 2 aromatic carbocycles. The number of benzene rings is 2. The minimum Gasteiger partial charge on any atom is -0.497 e. The molecule has 1 aliphatic heterocycles. The van der Waals surface area contributed by atoms with E-state index in [4.69, 9.17) is 4.74 Å². The summed E-state index contributed by atoms with van der Waals surface area (Å²) in [7, 11) is 1.62. The molecular formula is C25H28N4O3. The van der Waals surface area contributed by atoms with Gasteiger partial charge >= 0.3 is 0 Å². The molecule has 1 fully saturated rings. The molecule has 0 saturated heterocycles. The van der Waals surface area contributed by atoms with Crippen molar-refractivity contribution in [1.82, 2.24) is 19.8 Å². The Bertz CT molecular complexity index is 1180. The maximum Gasteiger partial charge on any atom is 0.291 e. The molecule has 0 radical (unpaired) electrons. The molecule has 2 aliphatic rings. The number of hydrogen-bond donors (Lipinski definition) is 1. The summed E-state index contributed by atoms with van der Waals surface area (Å²) in [5, 5.41) is 3.23. The highest BCUT2D eigenvalue weighted by Crippen LogP contribution is 2.33. The molecule has 5 rings (SSSR count). The van der Waals surface area contributed by atoms with Crippen molar-refractivity contribution in [3.05, 3.63) is 59.9 Å². The van der Waals surface area contributed by atoms with Crippen molar-refractivity contribution in [3.63, 3.8) is 0 Å². The van der Waals surface area contributed by atoms with Crippen molar-refractivity contribution in [2.75, 3.05) is 7.11 Å². The second kappa shape index (κ2) is 7.97. The van der Waals surface area contributed by atoms with Crippen LogP contribution in [-0.4, -0.2) is 45.0 Å². The molecule has 0 bridgehead atoms. The molecule has 1 saturated carbocycles. The third-order valence-corrected chi connectivity index (χ3v) is 6.81. The van der Waals surface area contributed by atoms with Crippen molar-refractivity contribution in [1.29, 1.82) is 0 Å². The summed E-state index contributed by atoms with van der Waals surface area (Å²) in [6.45, 7) is 2.53. The number of carbonyl (C=O) groups is 2. The van der Waals surface area contributed by atoms with Crippen LogP contribution in [0.5, 0.6) is 5.75 Å². The van der Waals surface area contributed by atoms with Crippen molar-refractivity contribution in [2.45, 2.75) is 57.3 Å². The normalized spacial score (nSPS) is 21.1. The smallest absolute Gasteiger partial charge is 0.291 e. The Hall–Kier alpha value is -3.35.